The van der Waals surface area contributed by atoms with Crippen molar-refractivity contribution in [2.45, 2.75) is 18.9 Å². The summed E-state index contributed by atoms with van der Waals surface area (Å²) in [5.74, 6) is 0.959. The van der Waals surface area contributed by atoms with Gasteiger partial charge in [0.15, 0.2) is 5.65 Å². The highest BCUT2D eigenvalue weighted by atomic mass is 35.5. The molecule has 1 aromatic carbocycles. The van der Waals surface area contributed by atoms with E-state index in [2.05, 4.69) is 26.0 Å². The molecule has 0 radical (unpaired) electrons. The van der Waals surface area contributed by atoms with Gasteiger partial charge in [-0.25, -0.2) is 9.97 Å². The highest BCUT2D eigenvalue weighted by molar-refractivity contribution is 6.30. The lowest BCUT2D eigenvalue weighted by Crippen LogP contribution is -2.23. The second-order valence-electron chi connectivity index (χ2n) is 5.61. The van der Waals surface area contributed by atoms with Gasteiger partial charge in [-0.1, -0.05) is 23.7 Å². The molecular formula is C16H16ClN5. The molecule has 0 bridgehead atoms. The predicted octanol–water partition coefficient (Wildman–Crippen LogP) is 3.36. The Bertz CT molecular complexity index is 828. The Hall–Kier alpha value is -2.14. The third kappa shape index (κ3) is 2.13. The number of halogens is 1. The van der Waals surface area contributed by atoms with E-state index < -0.39 is 0 Å². The molecule has 5 nitrogen and oxygen atoms in total. The number of hydrogen-bond acceptors (Lipinski definition) is 4. The largest absolute Gasteiger partial charge is 0.349 e. The van der Waals surface area contributed by atoms with Crippen molar-refractivity contribution in [2.75, 3.05) is 11.4 Å². The normalized spacial score (nSPS) is 18.3. The van der Waals surface area contributed by atoms with Crippen LogP contribution in [0.4, 0.5) is 5.82 Å². The third-order valence-corrected chi connectivity index (χ3v) is 4.50. The van der Waals surface area contributed by atoms with E-state index in [9.17, 15) is 0 Å². The summed E-state index contributed by atoms with van der Waals surface area (Å²) < 4.78 is 1.78. The molecule has 1 aliphatic rings. The summed E-state index contributed by atoms with van der Waals surface area (Å²) >= 11 is 6.16. The molecular weight excluding hydrogens is 298 g/mol. The van der Waals surface area contributed by atoms with E-state index in [-0.39, 0.29) is 0 Å². The van der Waals surface area contributed by atoms with Gasteiger partial charge in [0.1, 0.15) is 12.1 Å². The fourth-order valence-electron chi connectivity index (χ4n) is 3.26. The summed E-state index contributed by atoms with van der Waals surface area (Å²) in [5, 5.41) is 6.08. The van der Waals surface area contributed by atoms with Crippen LogP contribution in [-0.2, 0) is 7.05 Å². The summed E-state index contributed by atoms with van der Waals surface area (Å²) in [4.78, 5) is 11.2. The number of anilines is 1. The minimum absolute atomic E-state index is 0.303. The zero-order chi connectivity index (χ0) is 15.1. The Morgan fingerprint density at radius 1 is 1.27 bits per heavy atom. The highest BCUT2D eigenvalue weighted by Gasteiger charge is 2.29. The molecule has 1 saturated heterocycles. The van der Waals surface area contributed by atoms with E-state index >= 15 is 0 Å². The lowest BCUT2D eigenvalue weighted by Gasteiger charge is -2.26. The minimum atomic E-state index is 0.303. The van der Waals surface area contributed by atoms with E-state index in [1.165, 1.54) is 5.56 Å². The van der Waals surface area contributed by atoms with Crippen molar-refractivity contribution in [3.05, 3.63) is 47.4 Å². The van der Waals surface area contributed by atoms with Crippen LogP contribution in [0.1, 0.15) is 24.4 Å². The molecule has 0 amide bonds. The first-order chi connectivity index (χ1) is 10.7. The van der Waals surface area contributed by atoms with Crippen molar-refractivity contribution in [3.8, 4) is 0 Å². The van der Waals surface area contributed by atoms with Crippen LogP contribution < -0.4 is 4.90 Å². The molecule has 3 aromatic rings. The third-order valence-electron chi connectivity index (χ3n) is 4.27. The zero-order valence-electron chi connectivity index (χ0n) is 12.3. The SMILES string of the molecule is Cn1ncc2c(N3CCC[C@@H]3c3cccc(Cl)c3)ncnc21. The van der Waals surface area contributed by atoms with Crippen molar-refractivity contribution < 1.29 is 0 Å². The smallest absolute Gasteiger partial charge is 0.163 e. The van der Waals surface area contributed by atoms with Gasteiger partial charge in [0.25, 0.3) is 0 Å². The summed E-state index contributed by atoms with van der Waals surface area (Å²) in [6, 6.07) is 8.40. The summed E-state index contributed by atoms with van der Waals surface area (Å²) in [6.45, 7) is 0.984. The monoisotopic (exact) mass is 313 g/mol. The lowest BCUT2D eigenvalue weighted by atomic mass is 10.0. The Morgan fingerprint density at radius 3 is 3.05 bits per heavy atom. The van der Waals surface area contributed by atoms with Crippen LogP contribution in [0.25, 0.3) is 11.0 Å². The van der Waals surface area contributed by atoms with Gasteiger partial charge in [-0.3, -0.25) is 4.68 Å². The molecule has 0 unspecified atom stereocenters. The van der Waals surface area contributed by atoms with Gasteiger partial charge in [0.05, 0.1) is 17.6 Å². The molecule has 2 aromatic heterocycles. The van der Waals surface area contributed by atoms with Crippen LogP contribution in [0.5, 0.6) is 0 Å². The predicted molar refractivity (Wildman–Crippen MR) is 87.1 cm³/mol. The van der Waals surface area contributed by atoms with Crippen molar-refractivity contribution in [1.82, 2.24) is 19.7 Å². The van der Waals surface area contributed by atoms with Crippen molar-refractivity contribution in [2.24, 2.45) is 7.05 Å². The summed E-state index contributed by atoms with van der Waals surface area (Å²) in [6.07, 6.45) is 5.71. The molecule has 6 heteroatoms. The molecule has 1 fully saturated rings. The van der Waals surface area contributed by atoms with E-state index in [4.69, 9.17) is 11.6 Å². The van der Waals surface area contributed by atoms with Crippen LogP contribution in [0.3, 0.4) is 0 Å². The van der Waals surface area contributed by atoms with Gasteiger partial charge in [-0.2, -0.15) is 5.10 Å². The molecule has 1 aliphatic heterocycles. The Morgan fingerprint density at radius 2 is 2.18 bits per heavy atom. The van der Waals surface area contributed by atoms with Crippen LogP contribution in [-0.4, -0.2) is 26.3 Å². The van der Waals surface area contributed by atoms with E-state index in [0.29, 0.717) is 6.04 Å². The molecule has 4 rings (SSSR count). The first kappa shape index (κ1) is 13.5. The summed E-state index contributed by atoms with van der Waals surface area (Å²) in [5.41, 5.74) is 2.10. The maximum absolute atomic E-state index is 6.16. The van der Waals surface area contributed by atoms with Crippen LogP contribution in [0.15, 0.2) is 36.8 Å². The van der Waals surface area contributed by atoms with Gasteiger partial charge in [-0.15, -0.1) is 0 Å². The van der Waals surface area contributed by atoms with Crippen molar-refractivity contribution in [3.63, 3.8) is 0 Å². The van der Waals surface area contributed by atoms with Crippen LogP contribution >= 0.6 is 11.6 Å². The van der Waals surface area contributed by atoms with Crippen molar-refractivity contribution >= 4 is 28.5 Å². The summed E-state index contributed by atoms with van der Waals surface area (Å²) in [7, 11) is 1.90. The Labute approximate surface area is 133 Å². The quantitative estimate of drug-likeness (QED) is 0.728. The minimum Gasteiger partial charge on any atom is -0.349 e. The number of aromatic nitrogens is 4. The van der Waals surface area contributed by atoms with Gasteiger partial charge in [-0.05, 0) is 30.5 Å². The molecule has 0 aliphatic carbocycles. The van der Waals surface area contributed by atoms with Gasteiger partial charge in [0, 0.05) is 18.6 Å². The zero-order valence-corrected chi connectivity index (χ0v) is 13.0. The van der Waals surface area contributed by atoms with Crippen LogP contribution in [0, 0.1) is 0 Å². The molecule has 22 heavy (non-hydrogen) atoms. The standard InChI is InChI=1S/C16H16ClN5/c1-21-15-13(9-20-21)16(19-10-18-15)22-7-3-6-14(22)11-4-2-5-12(17)8-11/h2,4-5,8-10,14H,3,6-7H2,1H3/t14-/m1/s1. The number of rotatable bonds is 2. The number of fused-ring (bicyclic) bond motifs is 1. The first-order valence-electron chi connectivity index (χ1n) is 7.39. The molecule has 0 spiro atoms. The topological polar surface area (TPSA) is 46.8 Å². The Kier molecular flexibility index (Phi) is 3.22. The molecule has 0 saturated carbocycles. The Balaban J connectivity index is 1.80. The van der Waals surface area contributed by atoms with Gasteiger partial charge in [0.2, 0.25) is 0 Å². The number of nitrogens with zero attached hydrogens (tertiary/aromatic N) is 5. The molecule has 1 atom stereocenters. The molecule has 3 heterocycles. The fraction of sp³-hybridized carbons (Fsp3) is 0.312. The van der Waals surface area contributed by atoms with Crippen LogP contribution in [0.2, 0.25) is 5.02 Å². The first-order valence-corrected chi connectivity index (χ1v) is 7.76. The van der Waals surface area contributed by atoms with E-state index in [1.807, 2.05) is 31.4 Å². The fourth-order valence-corrected chi connectivity index (χ4v) is 3.46. The average Bonchev–Trinajstić information content (AvgIpc) is 3.14. The number of hydrogen-bond donors (Lipinski definition) is 0. The number of aryl methyl sites for hydroxylation is 1. The number of benzene rings is 1. The second-order valence-corrected chi connectivity index (χ2v) is 6.05. The van der Waals surface area contributed by atoms with Gasteiger partial charge >= 0.3 is 0 Å². The molecule has 0 N–H and O–H groups in total. The molecule has 112 valence electrons. The van der Waals surface area contributed by atoms with E-state index in [1.54, 1.807) is 11.0 Å². The second kappa shape index (κ2) is 5.25. The van der Waals surface area contributed by atoms with E-state index in [0.717, 1.165) is 41.3 Å². The van der Waals surface area contributed by atoms with Gasteiger partial charge < -0.3 is 4.90 Å². The maximum atomic E-state index is 6.16. The highest BCUT2D eigenvalue weighted by Crippen LogP contribution is 2.38. The lowest BCUT2D eigenvalue weighted by molar-refractivity contribution is 0.713. The average molecular weight is 314 g/mol. The van der Waals surface area contributed by atoms with Crippen molar-refractivity contribution in [1.29, 1.82) is 0 Å². The maximum Gasteiger partial charge on any atom is 0.163 e.